The molecule has 0 unspecified atom stereocenters. The summed E-state index contributed by atoms with van der Waals surface area (Å²) in [5, 5.41) is 0. The van der Waals surface area contributed by atoms with Crippen LogP contribution in [0.4, 0.5) is 0 Å². The van der Waals surface area contributed by atoms with Gasteiger partial charge in [-0.25, -0.2) is 0 Å². The van der Waals surface area contributed by atoms with E-state index in [1.165, 1.54) is 11.1 Å². The highest BCUT2D eigenvalue weighted by atomic mass is 33.8. The van der Waals surface area contributed by atoms with E-state index in [-0.39, 0.29) is 0 Å². The SMILES string of the molecule is c1ccc(CSSSSSCc2ccccc2)cc1. The lowest BCUT2D eigenvalue weighted by molar-refractivity contribution is 1.43. The molecule has 0 fully saturated rings. The Morgan fingerprint density at radius 2 is 0.947 bits per heavy atom. The quantitative estimate of drug-likeness (QED) is 0.385. The van der Waals surface area contributed by atoms with Crippen molar-refractivity contribution in [1.29, 1.82) is 0 Å². The zero-order valence-electron chi connectivity index (χ0n) is 10.2. The van der Waals surface area contributed by atoms with E-state index in [1.54, 1.807) is 0 Å². The summed E-state index contributed by atoms with van der Waals surface area (Å²) in [5.41, 5.74) is 2.78. The van der Waals surface area contributed by atoms with Gasteiger partial charge in [0.1, 0.15) is 0 Å². The molecule has 0 saturated heterocycles. The Balaban J connectivity index is 1.49. The summed E-state index contributed by atoms with van der Waals surface area (Å²) in [6.07, 6.45) is 0. The van der Waals surface area contributed by atoms with Crippen molar-refractivity contribution in [2.45, 2.75) is 11.5 Å². The largest absolute Gasteiger partial charge is 0.0769 e. The van der Waals surface area contributed by atoms with E-state index in [1.807, 2.05) is 51.1 Å². The summed E-state index contributed by atoms with van der Waals surface area (Å²) in [7, 11) is 9.36. The number of hydrogen-bond donors (Lipinski definition) is 0. The van der Waals surface area contributed by atoms with E-state index in [4.69, 9.17) is 0 Å². The Bertz CT molecular complexity index is 402. The van der Waals surface area contributed by atoms with Crippen LogP contribution in [-0.2, 0) is 11.5 Å². The molecule has 100 valence electrons. The maximum absolute atomic E-state index is 2.18. The van der Waals surface area contributed by atoms with E-state index in [0.717, 1.165) is 11.5 Å². The first-order valence-electron chi connectivity index (χ1n) is 5.77. The highest BCUT2D eigenvalue weighted by Gasteiger charge is 1.97. The zero-order chi connectivity index (χ0) is 13.2. The second kappa shape index (κ2) is 10.00. The first-order chi connectivity index (χ1) is 9.45. The molecule has 0 bridgehead atoms. The van der Waals surface area contributed by atoms with E-state index in [2.05, 4.69) is 60.7 Å². The lowest BCUT2D eigenvalue weighted by Crippen LogP contribution is -1.74. The van der Waals surface area contributed by atoms with Crippen molar-refractivity contribution in [1.82, 2.24) is 0 Å². The van der Waals surface area contributed by atoms with Gasteiger partial charge >= 0.3 is 0 Å². The minimum Gasteiger partial charge on any atom is -0.0769 e. The van der Waals surface area contributed by atoms with Gasteiger partial charge in [0.2, 0.25) is 0 Å². The fourth-order valence-electron chi connectivity index (χ4n) is 1.38. The van der Waals surface area contributed by atoms with Crippen molar-refractivity contribution in [2.24, 2.45) is 0 Å². The summed E-state index contributed by atoms with van der Waals surface area (Å²) in [6.45, 7) is 0. The molecular formula is C14H14S5. The molecule has 0 saturated carbocycles. The van der Waals surface area contributed by atoms with Gasteiger partial charge < -0.3 is 0 Å². The van der Waals surface area contributed by atoms with Gasteiger partial charge in [0.15, 0.2) is 0 Å². The Hall–Kier alpha value is 0.190. The van der Waals surface area contributed by atoms with Crippen molar-refractivity contribution in [2.75, 3.05) is 0 Å². The maximum atomic E-state index is 2.18. The Morgan fingerprint density at radius 3 is 1.37 bits per heavy atom. The third-order valence-electron chi connectivity index (χ3n) is 2.29. The molecule has 0 atom stereocenters. The predicted octanol–water partition coefficient (Wildman–Crippen LogP) is 6.71. The Labute approximate surface area is 133 Å². The van der Waals surface area contributed by atoms with Crippen molar-refractivity contribution >= 4 is 51.1 Å². The second-order valence-corrected chi connectivity index (χ2v) is 11.5. The van der Waals surface area contributed by atoms with Crippen molar-refractivity contribution in [3.8, 4) is 0 Å². The Kier molecular flexibility index (Phi) is 8.19. The predicted molar refractivity (Wildman–Crippen MR) is 98.2 cm³/mol. The molecule has 0 aliphatic carbocycles. The number of benzene rings is 2. The van der Waals surface area contributed by atoms with Crippen LogP contribution < -0.4 is 0 Å². The first kappa shape index (κ1) is 15.6. The van der Waals surface area contributed by atoms with Gasteiger partial charge in [-0.2, -0.15) is 0 Å². The molecule has 2 aromatic carbocycles. The third-order valence-corrected chi connectivity index (χ3v) is 10.8. The van der Waals surface area contributed by atoms with Gasteiger partial charge in [-0.15, -0.1) is 0 Å². The molecule has 2 rings (SSSR count). The first-order valence-corrected chi connectivity index (χ1v) is 12.3. The molecule has 5 heteroatoms. The van der Waals surface area contributed by atoms with Crippen molar-refractivity contribution in [3.05, 3.63) is 71.8 Å². The minimum absolute atomic E-state index is 1.07. The summed E-state index contributed by atoms with van der Waals surface area (Å²) in [5.74, 6) is 2.14. The van der Waals surface area contributed by atoms with E-state index in [9.17, 15) is 0 Å². The average molecular weight is 343 g/mol. The van der Waals surface area contributed by atoms with Gasteiger partial charge in [0.25, 0.3) is 0 Å². The second-order valence-electron chi connectivity index (χ2n) is 3.70. The van der Waals surface area contributed by atoms with Crippen LogP contribution in [0.15, 0.2) is 60.7 Å². The van der Waals surface area contributed by atoms with Gasteiger partial charge in [0, 0.05) is 11.5 Å². The zero-order valence-corrected chi connectivity index (χ0v) is 14.3. The normalized spacial score (nSPS) is 10.5. The van der Waals surface area contributed by atoms with Gasteiger partial charge in [-0.05, 0) is 40.6 Å². The maximum Gasteiger partial charge on any atom is 0.0297 e. The highest BCUT2D eigenvalue weighted by molar-refractivity contribution is 9.35. The molecular weight excluding hydrogens is 328 g/mol. The van der Waals surface area contributed by atoms with Crippen LogP contribution in [0.1, 0.15) is 11.1 Å². The molecule has 0 heterocycles. The topological polar surface area (TPSA) is 0 Å². The van der Waals surface area contributed by atoms with Crippen LogP contribution in [0, 0.1) is 0 Å². The lowest BCUT2D eigenvalue weighted by Gasteiger charge is -2.01. The molecule has 0 aliphatic heterocycles. The molecule has 0 spiro atoms. The smallest absolute Gasteiger partial charge is 0.0297 e. The summed E-state index contributed by atoms with van der Waals surface area (Å²) < 4.78 is 0. The van der Waals surface area contributed by atoms with Crippen LogP contribution in [0.2, 0.25) is 0 Å². The highest BCUT2D eigenvalue weighted by Crippen LogP contribution is 2.49. The van der Waals surface area contributed by atoms with Crippen LogP contribution in [0.3, 0.4) is 0 Å². The van der Waals surface area contributed by atoms with Crippen LogP contribution >= 0.6 is 51.1 Å². The molecule has 0 nitrogen and oxygen atoms in total. The fraction of sp³-hybridized carbons (Fsp3) is 0.143. The fourth-order valence-corrected chi connectivity index (χ4v) is 9.99. The number of hydrogen-bond acceptors (Lipinski definition) is 5. The molecule has 2 aromatic rings. The Morgan fingerprint density at radius 1 is 0.526 bits per heavy atom. The van der Waals surface area contributed by atoms with Crippen molar-refractivity contribution in [3.63, 3.8) is 0 Å². The average Bonchev–Trinajstić information content (AvgIpc) is 2.48. The minimum atomic E-state index is 1.07. The standard InChI is InChI=1S/C14H14S5/c1-3-7-13(8-4-1)11-15-17-19-18-16-12-14-9-5-2-6-10-14/h1-10H,11-12H2. The monoisotopic (exact) mass is 342 g/mol. The molecule has 0 radical (unpaired) electrons. The third kappa shape index (κ3) is 6.95. The molecule has 0 N–H and O–H groups in total. The van der Waals surface area contributed by atoms with Gasteiger partial charge in [-0.3, -0.25) is 0 Å². The molecule has 0 aliphatic rings. The van der Waals surface area contributed by atoms with Gasteiger partial charge in [0.05, 0.1) is 0 Å². The lowest BCUT2D eigenvalue weighted by atomic mass is 10.2. The molecule has 0 amide bonds. The summed E-state index contributed by atoms with van der Waals surface area (Å²) in [6, 6.07) is 21.2. The molecule has 19 heavy (non-hydrogen) atoms. The van der Waals surface area contributed by atoms with Crippen LogP contribution in [-0.4, -0.2) is 0 Å². The van der Waals surface area contributed by atoms with Crippen molar-refractivity contribution < 1.29 is 0 Å². The number of rotatable bonds is 8. The van der Waals surface area contributed by atoms with E-state index < -0.39 is 0 Å². The van der Waals surface area contributed by atoms with Crippen LogP contribution in [0.5, 0.6) is 0 Å². The van der Waals surface area contributed by atoms with Crippen LogP contribution in [0.25, 0.3) is 0 Å². The summed E-state index contributed by atoms with van der Waals surface area (Å²) in [4.78, 5) is 0. The summed E-state index contributed by atoms with van der Waals surface area (Å²) >= 11 is 0. The van der Waals surface area contributed by atoms with E-state index >= 15 is 0 Å². The van der Waals surface area contributed by atoms with Gasteiger partial charge in [-0.1, -0.05) is 82.3 Å². The van der Waals surface area contributed by atoms with E-state index in [0.29, 0.717) is 0 Å². The molecule has 0 aromatic heterocycles.